The summed E-state index contributed by atoms with van der Waals surface area (Å²) in [5, 5.41) is 6.65. The monoisotopic (exact) mass is 375 g/mol. The van der Waals surface area contributed by atoms with E-state index in [1.807, 2.05) is 18.2 Å². The minimum absolute atomic E-state index is 0. The Bertz CT molecular complexity index is 609. The fourth-order valence-corrected chi connectivity index (χ4v) is 3.40. The molecule has 1 aromatic carbocycles. The minimum atomic E-state index is 0. The van der Waals surface area contributed by atoms with Crippen molar-refractivity contribution in [3.63, 3.8) is 0 Å². The van der Waals surface area contributed by atoms with Crippen LogP contribution in [0.3, 0.4) is 0 Å². The highest BCUT2D eigenvalue weighted by molar-refractivity contribution is 7.13. The first-order chi connectivity index (χ1) is 10.3. The molecule has 0 bridgehead atoms. The van der Waals surface area contributed by atoms with Crippen LogP contribution < -0.4 is 10.1 Å². The Balaban J connectivity index is 0.00000132. The molecule has 0 amide bonds. The van der Waals surface area contributed by atoms with Gasteiger partial charge in [-0.15, -0.1) is 36.2 Å². The van der Waals surface area contributed by atoms with Crippen LogP contribution in [0.5, 0.6) is 5.75 Å². The van der Waals surface area contributed by atoms with E-state index in [2.05, 4.69) is 28.6 Å². The SMILES string of the molecule is COc1cccc(-c2nc(CN3CCNC[C@@H]3C)cs2)c1.Cl.Cl. The van der Waals surface area contributed by atoms with Crippen molar-refractivity contribution in [3.8, 4) is 16.3 Å². The number of hydrogen-bond donors (Lipinski definition) is 1. The van der Waals surface area contributed by atoms with E-state index >= 15 is 0 Å². The molecule has 1 fully saturated rings. The summed E-state index contributed by atoms with van der Waals surface area (Å²) in [4.78, 5) is 7.27. The molecule has 0 saturated carbocycles. The molecule has 1 saturated heterocycles. The molecule has 0 aliphatic carbocycles. The van der Waals surface area contributed by atoms with Gasteiger partial charge < -0.3 is 10.1 Å². The van der Waals surface area contributed by atoms with Crippen LogP contribution in [0.4, 0.5) is 0 Å². The molecule has 4 nitrogen and oxygen atoms in total. The fourth-order valence-electron chi connectivity index (χ4n) is 2.59. The van der Waals surface area contributed by atoms with Crippen molar-refractivity contribution in [3.05, 3.63) is 35.3 Å². The molecule has 1 N–H and O–H groups in total. The Hall–Kier alpha value is -0.850. The predicted molar refractivity (Wildman–Crippen MR) is 101 cm³/mol. The van der Waals surface area contributed by atoms with Crippen LogP contribution in [0.1, 0.15) is 12.6 Å². The molecule has 23 heavy (non-hydrogen) atoms. The summed E-state index contributed by atoms with van der Waals surface area (Å²) in [6.45, 7) is 6.42. The number of benzene rings is 1. The van der Waals surface area contributed by atoms with Crippen molar-refractivity contribution in [1.29, 1.82) is 0 Å². The highest BCUT2D eigenvalue weighted by atomic mass is 35.5. The van der Waals surface area contributed by atoms with Gasteiger partial charge >= 0.3 is 0 Å². The van der Waals surface area contributed by atoms with Crippen LogP contribution in [0.25, 0.3) is 10.6 Å². The van der Waals surface area contributed by atoms with E-state index in [-0.39, 0.29) is 24.8 Å². The van der Waals surface area contributed by atoms with E-state index in [0.717, 1.165) is 48.2 Å². The van der Waals surface area contributed by atoms with Crippen LogP contribution in [0.2, 0.25) is 0 Å². The van der Waals surface area contributed by atoms with Gasteiger partial charge in [-0.05, 0) is 19.1 Å². The highest BCUT2D eigenvalue weighted by Gasteiger charge is 2.19. The summed E-state index contributed by atoms with van der Waals surface area (Å²) < 4.78 is 5.28. The van der Waals surface area contributed by atoms with Gasteiger partial charge in [-0.2, -0.15) is 0 Å². The highest BCUT2D eigenvalue weighted by Crippen LogP contribution is 2.27. The largest absolute Gasteiger partial charge is 0.497 e. The molecule has 1 aliphatic rings. The summed E-state index contributed by atoms with van der Waals surface area (Å²) >= 11 is 1.70. The van der Waals surface area contributed by atoms with Crippen LogP contribution in [0, 0.1) is 0 Å². The number of nitrogens with one attached hydrogen (secondary N) is 1. The van der Waals surface area contributed by atoms with E-state index in [4.69, 9.17) is 9.72 Å². The van der Waals surface area contributed by atoms with E-state index in [1.54, 1.807) is 18.4 Å². The van der Waals surface area contributed by atoms with Gasteiger partial charge in [-0.1, -0.05) is 12.1 Å². The van der Waals surface area contributed by atoms with Gasteiger partial charge in [0, 0.05) is 43.2 Å². The Morgan fingerprint density at radius 2 is 2.22 bits per heavy atom. The molecule has 1 atom stereocenters. The van der Waals surface area contributed by atoms with Crippen molar-refractivity contribution in [2.45, 2.75) is 19.5 Å². The number of nitrogens with zero attached hydrogens (tertiary/aromatic N) is 2. The number of rotatable bonds is 4. The van der Waals surface area contributed by atoms with Gasteiger partial charge in [-0.3, -0.25) is 4.90 Å². The average Bonchev–Trinajstić information content (AvgIpc) is 2.98. The summed E-state index contributed by atoms with van der Waals surface area (Å²) in [6.07, 6.45) is 0. The molecule has 7 heteroatoms. The third-order valence-electron chi connectivity index (χ3n) is 3.87. The second kappa shape index (κ2) is 9.45. The van der Waals surface area contributed by atoms with Gasteiger partial charge in [0.1, 0.15) is 10.8 Å². The zero-order valence-corrected chi connectivity index (χ0v) is 15.8. The lowest BCUT2D eigenvalue weighted by Gasteiger charge is -2.33. The number of thiazole rings is 1. The lowest BCUT2D eigenvalue weighted by Crippen LogP contribution is -2.49. The molecule has 1 aliphatic heterocycles. The van der Waals surface area contributed by atoms with Crippen LogP contribution in [-0.4, -0.2) is 42.7 Å². The molecular weight excluding hydrogens is 353 g/mol. The second-order valence-corrected chi connectivity index (χ2v) is 6.26. The van der Waals surface area contributed by atoms with Crippen molar-refractivity contribution in [1.82, 2.24) is 15.2 Å². The normalized spacial score (nSPS) is 17.9. The van der Waals surface area contributed by atoms with Crippen molar-refractivity contribution < 1.29 is 4.74 Å². The van der Waals surface area contributed by atoms with Gasteiger partial charge in [0.05, 0.1) is 12.8 Å². The number of aromatic nitrogens is 1. The maximum Gasteiger partial charge on any atom is 0.123 e. The molecule has 0 radical (unpaired) electrons. The Kier molecular flexibility index (Phi) is 8.29. The lowest BCUT2D eigenvalue weighted by molar-refractivity contribution is 0.164. The predicted octanol–water partition coefficient (Wildman–Crippen LogP) is 3.46. The number of piperazine rings is 1. The summed E-state index contributed by atoms with van der Waals surface area (Å²) in [6, 6.07) is 8.66. The first-order valence-electron chi connectivity index (χ1n) is 7.30. The standard InChI is InChI=1S/C16H21N3OS.2ClH/c1-12-9-17-6-7-19(12)10-14-11-21-16(18-14)13-4-3-5-15(8-13)20-2;;/h3-5,8,11-12,17H,6-7,9-10H2,1-2H3;2*1H/t12-;;/m0../s1. The summed E-state index contributed by atoms with van der Waals surface area (Å²) in [5.74, 6) is 0.875. The molecule has 3 rings (SSSR count). The zero-order chi connectivity index (χ0) is 14.7. The number of methoxy groups -OCH3 is 1. The lowest BCUT2D eigenvalue weighted by atomic mass is 10.2. The van der Waals surface area contributed by atoms with Gasteiger partial charge in [-0.25, -0.2) is 4.98 Å². The van der Waals surface area contributed by atoms with Gasteiger partial charge in [0.15, 0.2) is 0 Å². The molecule has 2 aromatic rings. The number of ether oxygens (including phenoxy) is 1. The Labute approximate surface area is 154 Å². The summed E-state index contributed by atoms with van der Waals surface area (Å²) in [7, 11) is 1.69. The van der Waals surface area contributed by atoms with Crippen molar-refractivity contribution in [2.24, 2.45) is 0 Å². The van der Waals surface area contributed by atoms with Crippen LogP contribution >= 0.6 is 36.2 Å². The van der Waals surface area contributed by atoms with E-state index in [1.165, 1.54) is 0 Å². The Morgan fingerprint density at radius 3 is 2.96 bits per heavy atom. The first kappa shape index (κ1) is 20.2. The third-order valence-corrected chi connectivity index (χ3v) is 4.81. The zero-order valence-electron chi connectivity index (χ0n) is 13.3. The quantitative estimate of drug-likeness (QED) is 0.887. The molecule has 0 spiro atoms. The minimum Gasteiger partial charge on any atom is -0.497 e. The van der Waals surface area contributed by atoms with E-state index < -0.39 is 0 Å². The third kappa shape index (κ3) is 5.06. The fraction of sp³-hybridized carbons (Fsp3) is 0.438. The number of hydrogen-bond acceptors (Lipinski definition) is 5. The topological polar surface area (TPSA) is 37.4 Å². The Morgan fingerprint density at radius 1 is 1.39 bits per heavy atom. The molecule has 0 unspecified atom stereocenters. The molecule has 128 valence electrons. The smallest absolute Gasteiger partial charge is 0.123 e. The maximum atomic E-state index is 5.28. The first-order valence-corrected chi connectivity index (χ1v) is 8.18. The molecule has 2 heterocycles. The van der Waals surface area contributed by atoms with Gasteiger partial charge in [0.25, 0.3) is 0 Å². The molecule has 1 aromatic heterocycles. The second-order valence-electron chi connectivity index (χ2n) is 5.40. The summed E-state index contributed by atoms with van der Waals surface area (Å²) in [5.41, 5.74) is 2.28. The van der Waals surface area contributed by atoms with Crippen molar-refractivity contribution in [2.75, 3.05) is 26.7 Å². The maximum absolute atomic E-state index is 5.28. The van der Waals surface area contributed by atoms with Crippen molar-refractivity contribution >= 4 is 36.2 Å². The number of halogens is 2. The van der Waals surface area contributed by atoms with Crippen LogP contribution in [0.15, 0.2) is 29.6 Å². The van der Waals surface area contributed by atoms with Crippen LogP contribution in [-0.2, 0) is 6.54 Å². The van der Waals surface area contributed by atoms with Gasteiger partial charge in [0.2, 0.25) is 0 Å². The molecular formula is C16H23Cl2N3OS. The van der Waals surface area contributed by atoms with E-state index in [0.29, 0.717) is 6.04 Å². The average molecular weight is 376 g/mol. The van der Waals surface area contributed by atoms with E-state index in [9.17, 15) is 0 Å².